The maximum Gasteiger partial charge on any atom is 0.222 e. The maximum atomic E-state index is 12.0. The molecule has 1 aromatic carbocycles. The number of nitrogens with zero attached hydrogens (tertiary/aromatic N) is 2. The lowest BCUT2D eigenvalue weighted by Crippen LogP contribution is -2.33. The molecule has 0 saturated heterocycles. The van der Waals surface area contributed by atoms with Gasteiger partial charge in [-0.25, -0.2) is 0 Å². The minimum Gasteiger partial charge on any atom is -0.352 e. The molecule has 5 heteroatoms. The number of hydrogen-bond donors (Lipinski definition) is 1. The van der Waals surface area contributed by atoms with Crippen molar-refractivity contribution in [1.82, 2.24) is 15.2 Å². The van der Waals surface area contributed by atoms with Crippen molar-refractivity contribution >= 4 is 11.8 Å². The summed E-state index contributed by atoms with van der Waals surface area (Å²) < 4.78 is 0. The van der Waals surface area contributed by atoms with Crippen LogP contribution in [0.2, 0.25) is 0 Å². The van der Waals surface area contributed by atoms with E-state index in [9.17, 15) is 9.59 Å². The standard InChI is InChI=1S/C19H23N3O2/c1-15-4-3-5-18(12-15)14-22(16(2)23)11-8-19(24)21-13-17-6-9-20-10-7-17/h3-7,9-10,12H,8,11,13-14H2,1-2H3,(H,21,24). The number of amides is 2. The Morgan fingerprint density at radius 2 is 1.88 bits per heavy atom. The SMILES string of the molecule is CC(=O)N(CCC(=O)NCc1ccncc1)Cc1cccc(C)c1. The quantitative estimate of drug-likeness (QED) is 0.850. The van der Waals surface area contributed by atoms with E-state index in [2.05, 4.69) is 16.4 Å². The molecule has 0 spiro atoms. The van der Waals surface area contributed by atoms with Crippen molar-refractivity contribution in [3.05, 3.63) is 65.5 Å². The Hall–Kier alpha value is -2.69. The Kier molecular flexibility index (Phi) is 6.49. The Labute approximate surface area is 142 Å². The van der Waals surface area contributed by atoms with E-state index in [-0.39, 0.29) is 18.2 Å². The first-order valence-electron chi connectivity index (χ1n) is 8.01. The predicted octanol–water partition coefficient (Wildman–Crippen LogP) is 2.45. The third-order valence-electron chi connectivity index (χ3n) is 3.75. The predicted molar refractivity (Wildman–Crippen MR) is 93.0 cm³/mol. The molecule has 0 radical (unpaired) electrons. The van der Waals surface area contributed by atoms with Gasteiger partial charge in [0.1, 0.15) is 0 Å². The summed E-state index contributed by atoms with van der Waals surface area (Å²) in [4.78, 5) is 29.4. The molecule has 0 fully saturated rings. The number of carbonyl (C=O) groups excluding carboxylic acids is 2. The van der Waals surface area contributed by atoms with Gasteiger partial charge in [-0.1, -0.05) is 29.8 Å². The number of aromatic nitrogens is 1. The van der Waals surface area contributed by atoms with Crippen LogP contribution in [0.3, 0.4) is 0 Å². The van der Waals surface area contributed by atoms with Crippen molar-refractivity contribution in [1.29, 1.82) is 0 Å². The summed E-state index contributed by atoms with van der Waals surface area (Å²) in [6.07, 6.45) is 3.68. The average Bonchev–Trinajstić information content (AvgIpc) is 2.57. The van der Waals surface area contributed by atoms with Gasteiger partial charge in [-0.05, 0) is 30.2 Å². The van der Waals surface area contributed by atoms with Crippen LogP contribution in [0.25, 0.3) is 0 Å². The fraction of sp³-hybridized carbons (Fsp3) is 0.316. The van der Waals surface area contributed by atoms with E-state index in [1.54, 1.807) is 17.3 Å². The summed E-state index contributed by atoms with van der Waals surface area (Å²) in [5.74, 6) is -0.0965. The minimum atomic E-state index is -0.0673. The van der Waals surface area contributed by atoms with E-state index in [1.807, 2.05) is 37.3 Å². The van der Waals surface area contributed by atoms with Crippen LogP contribution in [0.15, 0.2) is 48.8 Å². The highest BCUT2D eigenvalue weighted by Gasteiger charge is 2.12. The van der Waals surface area contributed by atoms with Gasteiger partial charge in [0.25, 0.3) is 0 Å². The van der Waals surface area contributed by atoms with E-state index in [0.29, 0.717) is 19.6 Å². The van der Waals surface area contributed by atoms with Gasteiger partial charge < -0.3 is 10.2 Å². The van der Waals surface area contributed by atoms with Gasteiger partial charge in [0, 0.05) is 45.4 Å². The molecule has 0 aliphatic carbocycles. The zero-order chi connectivity index (χ0) is 17.4. The molecule has 2 rings (SSSR count). The van der Waals surface area contributed by atoms with Crippen LogP contribution in [0.1, 0.15) is 30.0 Å². The van der Waals surface area contributed by atoms with Gasteiger partial charge in [0.15, 0.2) is 0 Å². The zero-order valence-electron chi connectivity index (χ0n) is 14.2. The third kappa shape index (κ3) is 5.83. The topological polar surface area (TPSA) is 62.3 Å². The van der Waals surface area contributed by atoms with E-state index < -0.39 is 0 Å². The number of hydrogen-bond acceptors (Lipinski definition) is 3. The molecule has 0 aliphatic rings. The van der Waals surface area contributed by atoms with Crippen LogP contribution in [0.4, 0.5) is 0 Å². The fourth-order valence-corrected chi connectivity index (χ4v) is 2.40. The van der Waals surface area contributed by atoms with Gasteiger partial charge in [0.05, 0.1) is 0 Å². The lowest BCUT2D eigenvalue weighted by Gasteiger charge is -2.21. The van der Waals surface area contributed by atoms with Crippen LogP contribution in [0.5, 0.6) is 0 Å². The first kappa shape index (κ1) is 17.7. The Morgan fingerprint density at radius 1 is 1.12 bits per heavy atom. The van der Waals surface area contributed by atoms with Crippen molar-refractivity contribution in [3.8, 4) is 0 Å². The van der Waals surface area contributed by atoms with E-state index >= 15 is 0 Å². The maximum absolute atomic E-state index is 12.0. The highest BCUT2D eigenvalue weighted by atomic mass is 16.2. The van der Waals surface area contributed by atoms with Crippen LogP contribution >= 0.6 is 0 Å². The molecular formula is C19H23N3O2. The number of carbonyl (C=O) groups is 2. The van der Waals surface area contributed by atoms with Crippen LogP contribution < -0.4 is 5.32 Å². The lowest BCUT2D eigenvalue weighted by atomic mass is 10.1. The van der Waals surface area contributed by atoms with E-state index in [1.165, 1.54) is 6.92 Å². The Balaban J connectivity index is 1.82. The molecule has 0 saturated carbocycles. The van der Waals surface area contributed by atoms with Gasteiger partial charge in [-0.2, -0.15) is 0 Å². The first-order valence-corrected chi connectivity index (χ1v) is 8.01. The van der Waals surface area contributed by atoms with Crippen LogP contribution in [-0.4, -0.2) is 28.2 Å². The van der Waals surface area contributed by atoms with Crippen LogP contribution in [0, 0.1) is 6.92 Å². The molecule has 0 bridgehead atoms. The van der Waals surface area contributed by atoms with Gasteiger partial charge in [0.2, 0.25) is 11.8 Å². The molecule has 0 aliphatic heterocycles. The number of pyridine rings is 1. The van der Waals surface area contributed by atoms with Crippen molar-refractivity contribution in [2.45, 2.75) is 33.4 Å². The largest absolute Gasteiger partial charge is 0.352 e. The monoisotopic (exact) mass is 325 g/mol. The molecule has 1 heterocycles. The molecule has 0 atom stereocenters. The van der Waals surface area contributed by atoms with E-state index in [4.69, 9.17) is 0 Å². The van der Waals surface area contributed by atoms with Gasteiger partial charge >= 0.3 is 0 Å². The molecule has 1 N–H and O–H groups in total. The summed E-state index contributed by atoms with van der Waals surface area (Å²) in [5, 5.41) is 2.86. The Bertz CT molecular complexity index is 686. The molecule has 126 valence electrons. The first-order chi connectivity index (χ1) is 11.5. The summed E-state index contributed by atoms with van der Waals surface area (Å²) >= 11 is 0. The van der Waals surface area contributed by atoms with Gasteiger partial charge in [-0.15, -0.1) is 0 Å². The molecule has 5 nitrogen and oxygen atoms in total. The highest BCUT2D eigenvalue weighted by molar-refractivity contribution is 5.78. The van der Waals surface area contributed by atoms with Crippen molar-refractivity contribution < 1.29 is 9.59 Å². The normalized spacial score (nSPS) is 10.2. The number of aryl methyl sites for hydroxylation is 1. The number of rotatable bonds is 7. The molecule has 0 unspecified atom stereocenters. The molecule has 1 aromatic heterocycles. The lowest BCUT2D eigenvalue weighted by molar-refractivity contribution is -0.130. The zero-order valence-corrected chi connectivity index (χ0v) is 14.2. The van der Waals surface area contributed by atoms with Crippen molar-refractivity contribution in [2.24, 2.45) is 0 Å². The molecule has 24 heavy (non-hydrogen) atoms. The van der Waals surface area contributed by atoms with Crippen molar-refractivity contribution in [3.63, 3.8) is 0 Å². The summed E-state index contributed by atoms with van der Waals surface area (Å²) in [7, 11) is 0. The summed E-state index contributed by atoms with van der Waals surface area (Å²) in [5.41, 5.74) is 3.23. The Morgan fingerprint density at radius 3 is 2.54 bits per heavy atom. The third-order valence-corrected chi connectivity index (χ3v) is 3.75. The number of benzene rings is 1. The van der Waals surface area contributed by atoms with Gasteiger partial charge in [-0.3, -0.25) is 14.6 Å². The molecular weight excluding hydrogens is 302 g/mol. The van der Waals surface area contributed by atoms with Crippen molar-refractivity contribution in [2.75, 3.05) is 6.54 Å². The molecule has 2 aromatic rings. The second kappa shape index (κ2) is 8.82. The summed E-state index contributed by atoms with van der Waals surface area (Å²) in [6, 6.07) is 11.8. The minimum absolute atomic E-state index is 0.0292. The highest BCUT2D eigenvalue weighted by Crippen LogP contribution is 2.08. The number of nitrogens with one attached hydrogen (secondary N) is 1. The summed E-state index contributed by atoms with van der Waals surface area (Å²) in [6.45, 7) is 4.96. The second-order valence-corrected chi connectivity index (χ2v) is 5.81. The second-order valence-electron chi connectivity index (χ2n) is 5.81. The smallest absolute Gasteiger partial charge is 0.222 e. The van der Waals surface area contributed by atoms with E-state index in [0.717, 1.165) is 16.7 Å². The van der Waals surface area contributed by atoms with Crippen LogP contribution in [-0.2, 0) is 22.7 Å². The average molecular weight is 325 g/mol. The molecule has 2 amide bonds. The fourth-order valence-electron chi connectivity index (χ4n) is 2.40.